The van der Waals surface area contributed by atoms with Gasteiger partial charge in [-0.2, -0.15) is 4.98 Å². The molecule has 3 atom stereocenters. The summed E-state index contributed by atoms with van der Waals surface area (Å²) in [5.41, 5.74) is 1.06. The molecule has 0 radical (unpaired) electrons. The van der Waals surface area contributed by atoms with Gasteiger partial charge in [-0.05, 0) is 64.5 Å². The van der Waals surface area contributed by atoms with Gasteiger partial charge in [0.15, 0.2) is 0 Å². The molecule has 1 saturated heterocycles. The van der Waals surface area contributed by atoms with Crippen LogP contribution >= 0.6 is 0 Å². The summed E-state index contributed by atoms with van der Waals surface area (Å²) in [4.78, 5) is 35.7. The SMILES string of the molecule is CC[C@H](C)Oc1nc2nc([C@]34CC[C@](C)(C3)OC4)cn2cc1C(=O)Nc1cccn(C2CC2)c1=O. The van der Waals surface area contributed by atoms with Crippen LogP contribution in [0.3, 0.4) is 0 Å². The Hall–Kier alpha value is -3.20. The number of aromatic nitrogens is 4. The maximum absolute atomic E-state index is 13.4. The Morgan fingerprint density at radius 3 is 2.80 bits per heavy atom. The number of nitrogens with zero attached hydrogens (tertiary/aromatic N) is 4. The molecule has 6 rings (SSSR count). The van der Waals surface area contributed by atoms with Gasteiger partial charge >= 0.3 is 0 Å². The summed E-state index contributed by atoms with van der Waals surface area (Å²) >= 11 is 0. The van der Waals surface area contributed by atoms with E-state index in [1.807, 2.05) is 20.0 Å². The molecule has 0 spiro atoms. The summed E-state index contributed by atoms with van der Waals surface area (Å²) in [6.45, 7) is 6.76. The van der Waals surface area contributed by atoms with Crippen LogP contribution in [0.5, 0.6) is 5.88 Å². The summed E-state index contributed by atoms with van der Waals surface area (Å²) in [6.07, 6.45) is 11.0. The van der Waals surface area contributed by atoms with Crippen LogP contribution in [-0.2, 0) is 10.2 Å². The smallest absolute Gasteiger partial charge is 0.274 e. The van der Waals surface area contributed by atoms with E-state index < -0.39 is 5.91 Å². The second kappa shape index (κ2) is 7.91. The lowest BCUT2D eigenvalue weighted by atomic mass is 9.84. The lowest BCUT2D eigenvalue weighted by Crippen LogP contribution is -2.26. The zero-order valence-electron chi connectivity index (χ0n) is 20.4. The molecule has 184 valence electrons. The summed E-state index contributed by atoms with van der Waals surface area (Å²) in [6, 6.07) is 3.64. The zero-order chi connectivity index (χ0) is 24.4. The highest BCUT2D eigenvalue weighted by Gasteiger charge is 2.55. The minimum atomic E-state index is -0.436. The summed E-state index contributed by atoms with van der Waals surface area (Å²) in [5, 5.41) is 2.79. The molecule has 1 amide bonds. The van der Waals surface area contributed by atoms with Crippen molar-refractivity contribution in [3.63, 3.8) is 0 Å². The van der Waals surface area contributed by atoms with Gasteiger partial charge in [-0.15, -0.1) is 0 Å². The van der Waals surface area contributed by atoms with Gasteiger partial charge in [0.1, 0.15) is 11.3 Å². The van der Waals surface area contributed by atoms with Gasteiger partial charge in [-0.25, -0.2) is 4.98 Å². The van der Waals surface area contributed by atoms with Crippen molar-refractivity contribution in [1.29, 1.82) is 0 Å². The molecule has 0 aromatic carbocycles. The third kappa shape index (κ3) is 3.82. The first-order chi connectivity index (χ1) is 16.8. The highest BCUT2D eigenvalue weighted by molar-refractivity contribution is 6.05. The predicted octanol–water partition coefficient (Wildman–Crippen LogP) is 3.87. The molecule has 2 saturated carbocycles. The Labute approximate surface area is 203 Å². The number of anilines is 1. The van der Waals surface area contributed by atoms with Crippen molar-refractivity contribution in [3.8, 4) is 5.88 Å². The lowest BCUT2D eigenvalue weighted by molar-refractivity contribution is -0.00627. The van der Waals surface area contributed by atoms with Crippen molar-refractivity contribution in [2.75, 3.05) is 11.9 Å². The van der Waals surface area contributed by atoms with Gasteiger partial charge in [0.05, 0.1) is 24.0 Å². The fraction of sp³-hybridized carbons (Fsp3) is 0.538. The monoisotopic (exact) mass is 477 g/mol. The number of nitrogens with one attached hydrogen (secondary N) is 1. The van der Waals surface area contributed by atoms with Gasteiger partial charge < -0.3 is 19.4 Å². The van der Waals surface area contributed by atoms with Crippen LogP contribution in [-0.4, -0.2) is 43.2 Å². The van der Waals surface area contributed by atoms with Crippen LogP contribution in [0.4, 0.5) is 5.69 Å². The first kappa shape index (κ1) is 22.3. The maximum atomic E-state index is 13.4. The molecule has 35 heavy (non-hydrogen) atoms. The number of pyridine rings is 1. The average molecular weight is 478 g/mol. The second-order valence-corrected chi connectivity index (χ2v) is 10.6. The van der Waals surface area contributed by atoms with Gasteiger partial charge in [0, 0.05) is 30.0 Å². The molecule has 0 unspecified atom stereocenters. The molecule has 9 heteroatoms. The number of imidazole rings is 1. The van der Waals surface area contributed by atoms with Crippen LogP contribution in [0.15, 0.2) is 35.5 Å². The minimum absolute atomic E-state index is 0.0812. The minimum Gasteiger partial charge on any atom is -0.474 e. The van der Waals surface area contributed by atoms with Crippen LogP contribution in [0, 0.1) is 0 Å². The number of fused-ring (bicyclic) bond motifs is 3. The summed E-state index contributed by atoms with van der Waals surface area (Å²) in [5.74, 6) is 0.270. The number of rotatable bonds is 7. The van der Waals surface area contributed by atoms with Gasteiger partial charge in [0.2, 0.25) is 11.7 Å². The van der Waals surface area contributed by atoms with E-state index in [2.05, 4.69) is 17.2 Å². The van der Waals surface area contributed by atoms with Gasteiger partial charge in [-0.3, -0.25) is 14.0 Å². The molecule has 3 aliphatic rings. The van der Waals surface area contributed by atoms with E-state index in [0.717, 1.165) is 44.2 Å². The van der Waals surface area contributed by atoms with E-state index >= 15 is 0 Å². The Bertz CT molecular complexity index is 1360. The van der Waals surface area contributed by atoms with Crippen LogP contribution in [0.25, 0.3) is 5.78 Å². The van der Waals surface area contributed by atoms with Crippen molar-refractivity contribution in [2.45, 2.75) is 82.5 Å². The Kier molecular flexibility index (Phi) is 5.03. The Morgan fingerprint density at radius 1 is 1.31 bits per heavy atom. The van der Waals surface area contributed by atoms with Crippen molar-refractivity contribution in [2.24, 2.45) is 0 Å². The standard InChI is InChI=1S/C26H31N5O4/c1-4-16(2)35-22-18(21(32)27-19-6-5-11-31(23(19)33)17-7-8-17)12-30-13-20(28-24(30)29-22)26-10-9-25(3,14-26)34-15-26/h5-6,11-13,16-17H,4,7-10,14-15H2,1-3H3,(H,27,32)/t16-,25+,26+/m0/s1. The molecule has 3 aromatic heterocycles. The quantitative estimate of drug-likeness (QED) is 0.555. The number of ether oxygens (including phenoxy) is 2. The van der Waals surface area contributed by atoms with Gasteiger partial charge in [0.25, 0.3) is 11.5 Å². The summed E-state index contributed by atoms with van der Waals surface area (Å²) in [7, 11) is 0. The molecule has 9 nitrogen and oxygen atoms in total. The first-order valence-corrected chi connectivity index (χ1v) is 12.5. The summed E-state index contributed by atoms with van der Waals surface area (Å²) < 4.78 is 15.6. The molecule has 1 N–H and O–H groups in total. The average Bonchev–Trinajstić information content (AvgIpc) is 3.37. The van der Waals surface area contributed by atoms with Crippen LogP contribution in [0.1, 0.15) is 81.4 Å². The van der Waals surface area contributed by atoms with E-state index in [1.165, 1.54) is 0 Å². The van der Waals surface area contributed by atoms with E-state index in [4.69, 9.17) is 14.5 Å². The van der Waals surface area contributed by atoms with Crippen LogP contribution in [0.2, 0.25) is 0 Å². The van der Waals surface area contributed by atoms with Crippen LogP contribution < -0.4 is 15.6 Å². The Balaban J connectivity index is 1.37. The van der Waals surface area contributed by atoms with Crippen molar-refractivity contribution in [1.82, 2.24) is 18.9 Å². The fourth-order valence-electron chi connectivity index (χ4n) is 5.36. The Morgan fingerprint density at radius 2 is 2.14 bits per heavy atom. The van der Waals surface area contributed by atoms with E-state index in [0.29, 0.717) is 12.4 Å². The molecule has 3 aromatic rings. The van der Waals surface area contributed by atoms with Gasteiger partial charge in [-0.1, -0.05) is 6.92 Å². The van der Waals surface area contributed by atoms with E-state index in [9.17, 15) is 9.59 Å². The van der Waals surface area contributed by atoms with Crippen molar-refractivity contribution in [3.05, 3.63) is 52.3 Å². The largest absolute Gasteiger partial charge is 0.474 e. The van der Waals surface area contributed by atoms with Crippen molar-refractivity contribution < 1.29 is 14.3 Å². The third-order valence-corrected chi connectivity index (χ3v) is 7.79. The topological polar surface area (TPSA) is 99.8 Å². The normalized spacial score (nSPS) is 26.3. The molecular weight excluding hydrogens is 446 g/mol. The molecule has 4 heterocycles. The highest BCUT2D eigenvalue weighted by atomic mass is 16.5. The predicted molar refractivity (Wildman–Crippen MR) is 130 cm³/mol. The third-order valence-electron chi connectivity index (χ3n) is 7.79. The molecule has 2 aliphatic carbocycles. The number of amides is 1. The van der Waals surface area contributed by atoms with E-state index in [-0.39, 0.29) is 45.9 Å². The molecule has 2 bridgehead atoms. The number of carbonyl (C=O) groups excluding carboxylic acids is 1. The number of carbonyl (C=O) groups is 1. The maximum Gasteiger partial charge on any atom is 0.274 e. The zero-order valence-corrected chi connectivity index (χ0v) is 20.4. The molecule has 1 aliphatic heterocycles. The van der Waals surface area contributed by atoms with E-state index in [1.54, 1.807) is 33.5 Å². The number of hydrogen-bond donors (Lipinski definition) is 1. The molecule has 3 fully saturated rings. The molecular formula is C26H31N5O4. The second-order valence-electron chi connectivity index (χ2n) is 10.6. The lowest BCUT2D eigenvalue weighted by Gasteiger charge is -2.24. The fourth-order valence-corrected chi connectivity index (χ4v) is 5.36. The highest BCUT2D eigenvalue weighted by Crippen LogP contribution is 2.53. The number of hydrogen-bond acceptors (Lipinski definition) is 6. The first-order valence-electron chi connectivity index (χ1n) is 12.5. The van der Waals surface area contributed by atoms with Crippen molar-refractivity contribution >= 4 is 17.4 Å².